The second kappa shape index (κ2) is 14.8. The number of nitrogens with one attached hydrogen (secondary N) is 1. The predicted octanol–water partition coefficient (Wildman–Crippen LogP) is 4.27. The summed E-state index contributed by atoms with van der Waals surface area (Å²) >= 11 is 0. The fraction of sp³-hybridized carbons (Fsp3) is 0.548. The number of anilines is 1. The quantitative estimate of drug-likeness (QED) is 0.406. The topological polar surface area (TPSA) is 85.3 Å². The molecule has 1 aliphatic heterocycles. The van der Waals surface area contributed by atoms with Crippen LogP contribution in [0, 0.1) is 5.92 Å². The number of halogens is 3. The number of aliphatic hydroxyl groups excluding tert-OH is 1. The smallest absolute Gasteiger partial charge is 0.416 e. The Morgan fingerprint density at radius 1 is 1.17 bits per heavy atom. The van der Waals surface area contributed by atoms with E-state index in [0.717, 1.165) is 30.7 Å². The SMILES string of the molecule is C[C@@H]1CN([C@@H](C)CO)C(=O)Cc2cc(NC(=O)CCCN(C)C)ccc2O[C@H]1CN(C)Cc1ccc(C(F)(F)F)cc1. The van der Waals surface area contributed by atoms with Gasteiger partial charge in [0.05, 0.1) is 24.6 Å². The molecule has 2 aromatic rings. The number of alkyl halides is 3. The second-order valence-corrected chi connectivity index (χ2v) is 11.6. The lowest BCUT2D eigenvalue weighted by Gasteiger charge is -2.34. The Morgan fingerprint density at radius 2 is 1.86 bits per heavy atom. The Morgan fingerprint density at radius 3 is 2.48 bits per heavy atom. The lowest BCUT2D eigenvalue weighted by Crippen LogP contribution is -2.47. The first kappa shape index (κ1) is 33.4. The molecule has 0 fully saturated rings. The largest absolute Gasteiger partial charge is 0.488 e. The van der Waals surface area contributed by atoms with Crippen molar-refractivity contribution >= 4 is 17.5 Å². The van der Waals surface area contributed by atoms with Crippen LogP contribution in [0.25, 0.3) is 0 Å². The zero-order valence-electron chi connectivity index (χ0n) is 25.1. The number of carbonyl (C=O) groups is 2. The normalized spacial score (nSPS) is 18.6. The van der Waals surface area contributed by atoms with Gasteiger partial charge in [0.1, 0.15) is 11.9 Å². The average molecular weight is 593 g/mol. The minimum atomic E-state index is -4.39. The van der Waals surface area contributed by atoms with Crippen molar-refractivity contribution in [2.45, 2.75) is 58.0 Å². The third-order valence-corrected chi connectivity index (χ3v) is 7.43. The number of hydrogen-bond acceptors (Lipinski definition) is 6. The number of nitrogens with zero attached hydrogens (tertiary/aromatic N) is 3. The minimum absolute atomic E-state index is 0.0465. The Labute approximate surface area is 246 Å². The highest BCUT2D eigenvalue weighted by molar-refractivity contribution is 5.91. The number of ether oxygens (including phenoxy) is 1. The molecule has 0 aliphatic carbocycles. The van der Waals surface area contributed by atoms with Crippen molar-refractivity contribution < 1.29 is 32.6 Å². The van der Waals surface area contributed by atoms with Crippen molar-refractivity contribution in [1.82, 2.24) is 14.7 Å². The first-order chi connectivity index (χ1) is 19.8. The molecule has 1 heterocycles. The van der Waals surface area contributed by atoms with Gasteiger partial charge in [-0.25, -0.2) is 0 Å². The molecule has 232 valence electrons. The molecule has 0 bridgehead atoms. The molecule has 2 amide bonds. The zero-order valence-corrected chi connectivity index (χ0v) is 25.1. The van der Waals surface area contributed by atoms with Crippen LogP contribution in [0.15, 0.2) is 42.5 Å². The summed E-state index contributed by atoms with van der Waals surface area (Å²) in [5.41, 5.74) is 1.25. The van der Waals surface area contributed by atoms with E-state index in [1.54, 1.807) is 30.0 Å². The summed E-state index contributed by atoms with van der Waals surface area (Å²) in [6.45, 7) is 5.60. The van der Waals surface area contributed by atoms with Gasteiger partial charge in [-0.3, -0.25) is 14.5 Å². The number of rotatable bonds is 11. The van der Waals surface area contributed by atoms with Crippen molar-refractivity contribution in [3.8, 4) is 5.75 Å². The summed E-state index contributed by atoms with van der Waals surface area (Å²) in [5, 5.41) is 12.8. The van der Waals surface area contributed by atoms with Gasteiger partial charge >= 0.3 is 6.18 Å². The van der Waals surface area contributed by atoms with Crippen LogP contribution in [-0.2, 0) is 28.7 Å². The molecule has 2 aromatic carbocycles. The molecule has 0 radical (unpaired) electrons. The van der Waals surface area contributed by atoms with E-state index in [-0.39, 0.29) is 36.9 Å². The highest BCUT2D eigenvalue weighted by Gasteiger charge is 2.32. The van der Waals surface area contributed by atoms with Crippen LogP contribution in [0.5, 0.6) is 5.75 Å². The number of amides is 2. The summed E-state index contributed by atoms with van der Waals surface area (Å²) in [4.78, 5) is 31.6. The standard InChI is InChI=1S/C31H43F3N4O4/c1-21-17-38(22(2)20-39)30(41)16-24-15-26(35-29(40)7-6-14-36(3)4)12-13-27(24)42-28(21)19-37(5)18-23-8-10-25(11-9-23)31(32,33)34/h8-13,15,21-22,28,39H,6-7,14,16-20H2,1-5H3,(H,35,40)/t21-,22+,28+/m1/s1. The number of benzene rings is 2. The van der Waals surface area contributed by atoms with Gasteiger partial charge in [-0.05, 0) is 76.9 Å². The molecular formula is C31H43F3N4O4. The number of carbonyl (C=O) groups excluding carboxylic acids is 2. The monoisotopic (exact) mass is 592 g/mol. The molecule has 0 aromatic heterocycles. The van der Waals surface area contributed by atoms with Gasteiger partial charge in [0, 0.05) is 43.2 Å². The van der Waals surface area contributed by atoms with Crippen LogP contribution in [0.2, 0.25) is 0 Å². The summed E-state index contributed by atoms with van der Waals surface area (Å²) in [7, 11) is 5.78. The molecule has 0 spiro atoms. The van der Waals surface area contributed by atoms with E-state index in [2.05, 4.69) is 5.32 Å². The van der Waals surface area contributed by atoms with E-state index in [0.29, 0.717) is 43.1 Å². The van der Waals surface area contributed by atoms with Crippen molar-refractivity contribution in [2.75, 3.05) is 52.7 Å². The number of likely N-dealkylation sites (N-methyl/N-ethyl adjacent to an activating group) is 1. The molecule has 0 saturated carbocycles. The summed E-state index contributed by atoms with van der Waals surface area (Å²) < 4.78 is 45.4. The Hall–Kier alpha value is -3.15. The van der Waals surface area contributed by atoms with Gasteiger partial charge in [-0.15, -0.1) is 0 Å². The molecular weight excluding hydrogens is 549 g/mol. The van der Waals surface area contributed by atoms with Crippen LogP contribution < -0.4 is 10.1 Å². The Kier molecular flexibility index (Phi) is 11.8. The van der Waals surface area contributed by atoms with Gasteiger partial charge in [0.15, 0.2) is 0 Å². The van der Waals surface area contributed by atoms with Crippen LogP contribution >= 0.6 is 0 Å². The van der Waals surface area contributed by atoms with Crippen molar-refractivity contribution in [3.63, 3.8) is 0 Å². The van der Waals surface area contributed by atoms with Gasteiger partial charge in [0.25, 0.3) is 0 Å². The summed E-state index contributed by atoms with van der Waals surface area (Å²) in [6.07, 6.45) is -3.61. The van der Waals surface area contributed by atoms with Crippen LogP contribution in [0.3, 0.4) is 0 Å². The second-order valence-electron chi connectivity index (χ2n) is 11.6. The van der Waals surface area contributed by atoms with Gasteiger partial charge in [-0.2, -0.15) is 13.2 Å². The van der Waals surface area contributed by atoms with E-state index >= 15 is 0 Å². The highest BCUT2D eigenvalue weighted by atomic mass is 19.4. The molecule has 0 unspecified atom stereocenters. The van der Waals surface area contributed by atoms with Crippen LogP contribution in [0.1, 0.15) is 43.4 Å². The lowest BCUT2D eigenvalue weighted by atomic mass is 10.0. The maximum Gasteiger partial charge on any atom is 0.416 e. The van der Waals surface area contributed by atoms with Gasteiger partial charge in [-0.1, -0.05) is 19.1 Å². The molecule has 8 nitrogen and oxygen atoms in total. The summed E-state index contributed by atoms with van der Waals surface area (Å²) in [6, 6.07) is 9.99. The van der Waals surface area contributed by atoms with Gasteiger partial charge < -0.3 is 25.0 Å². The minimum Gasteiger partial charge on any atom is -0.488 e. The third-order valence-electron chi connectivity index (χ3n) is 7.43. The Balaban J connectivity index is 1.81. The van der Waals surface area contributed by atoms with Crippen molar-refractivity contribution in [2.24, 2.45) is 5.92 Å². The molecule has 2 N–H and O–H groups in total. The van der Waals surface area contributed by atoms with Crippen LogP contribution in [-0.4, -0.2) is 91.2 Å². The lowest BCUT2D eigenvalue weighted by molar-refractivity contribution is -0.137. The molecule has 42 heavy (non-hydrogen) atoms. The highest BCUT2D eigenvalue weighted by Crippen LogP contribution is 2.31. The maximum atomic E-state index is 13.4. The summed E-state index contributed by atoms with van der Waals surface area (Å²) in [5.74, 6) is 0.146. The molecule has 3 atom stereocenters. The van der Waals surface area contributed by atoms with E-state index in [1.807, 2.05) is 37.9 Å². The van der Waals surface area contributed by atoms with E-state index < -0.39 is 17.8 Å². The van der Waals surface area contributed by atoms with Crippen LogP contribution in [0.4, 0.5) is 18.9 Å². The first-order valence-electron chi connectivity index (χ1n) is 14.3. The molecule has 0 saturated heterocycles. The number of hydrogen-bond donors (Lipinski definition) is 2. The van der Waals surface area contributed by atoms with Crippen molar-refractivity contribution in [3.05, 3.63) is 59.2 Å². The van der Waals surface area contributed by atoms with E-state index in [1.165, 1.54) is 12.1 Å². The first-order valence-corrected chi connectivity index (χ1v) is 14.3. The number of aliphatic hydroxyl groups is 1. The average Bonchev–Trinajstić information content (AvgIpc) is 2.95. The Bertz CT molecular complexity index is 1190. The van der Waals surface area contributed by atoms with E-state index in [4.69, 9.17) is 4.74 Å². The maximum absolute atomic E-state index is 13.4. The molecule has 1 aliphatic rings. The zero-order chi connectivity index (χ0) is 31.0. The fourth-order valence-electron chi connectivity index (χ4n) is 4.99. The van der Waals surface area contributed by atoms with Gasteiger partial charge in [0.2, 0.25) is 11.8 Å². The predicted molar refractivity (Wildman–Crippen MR) is 156 cm³/mol. The van der Waals surface area contributed by atoms with Crippen molar-refractivity contribution in [1.29, 1.82) is 0 Å². The molecule has 3 rings (SSSR count). The molecule has 11 heteroatoms. The third kappa shape index (κ3) is 9.71. The fourth-order valence-corrected chi connectivity index (χ4v) is 4.99. The number of fused-ring (bicyclic) bond motifs is 1. The van der Waals surface area contributed by atoms with E-state index in [9.17, 15) is 27.9 Å².